The molecule has 1 N–H and O–H groups in total. The van der Waals surface area contributed by atoms with E-state index in [-0.39, 0.29) is 0 Å². The van der Waals surface area contributed by atoms with Gasteiger partial charge in [0.15, 0.2) is 8.32 Å². The molecule has 0 bridgehead atoms. The van der Waals surface area contributed by atoms with Crippen LogP contribution in [0.4, 0.5) is 0 Å². The minimum Gasteiger partial charge on any atom is -0.417 e. The van der Waals surface area contributed by atoms with Crippen molar-refractivity contribution < 1.29 is 9.53 Å². The summed E-state index contributed by atoms with van der Waals surface area (Å²) in [6.45, 7) is 18.1. The fourth-order valence-corrected chi connectivity index (χ4v) is 3.73. The lowest BCUT2D eigenvalue weighted by atomic mass is 9.97. The van der Waals surface area contributed by atoms with Gasteiger partial charge >= 0.3 is 0 Å². The maximum Gasteiger partial charge on any atom is 0.191 e. The second-order valence-corrected chi connectivity index (χ2v) is 14.3. The predicted octanol–water partition coefficient (Wildman–Crippen LogP) is 7.24. The summed E-state index contributed by atoms with van der Waals surface area (Å²) >= 11 is 0. The lowest BCUT2D eigenvalue weighted by molar-refractivity contribution is 0.0988. The maximum absolute atomic E-state index is 9.84. The molecule has 3 heteroatoms. The molecule has 0 aliphatic rings. The highest BCUT2D eigenvalue weighted by atomic mass is 28.4. The van der Waals surface area contributed by atoms with Crippen LogP contribution in [0.1, 0.15) is 98.3 Å². The van der Waals surface area contributed by atoms with Crippen LogP contribution in [0.2, 0.25) is 18.1 Å². The standard InChI is InChI=1S/C22H46O2Si/c1-8-22(5,23)19-17-15-13-11-9-10-12-14-16-18-20-24-25(6,7)21(2,3)4/h8,23H,1,9-20H2,2-7H3. The lowest BCUT2D eigenvalue weighted by Crippen LogP contribution is -2.40. The molecule has 0 aromatic carbocycles. The second kappa shape index (κ2) is 12.3. The fourth-order valence-electron chi connectivity index (χ4n) is 2.65. The molecule has 0 aliphatic carbocycles. The van der Waals surface area contributed by atoms with E-state index in [2.05, 4.69) is 40.4 Å². The first kappa shape index (κ1) is 24.9. The first-order chi connectivity index (χ1) is 11.5. The monoisotopic (exact) mass is 370 g/mol. The summed E-state index contributed by atoms with van der Waals surface area (Å²) in [5.74, 6) is 0. The van der Waals surface area contributed by atoms with E-state index in [0.29, 0.717) is 5.04 Å². The van der Waals surface area contributed by atoms with Crippen LogP contribution >= 0.6 is 0 Å². The number of rotatable bonds is 15. The van der Waals surface area contributed by atoms with Gasteiger partial charge in [0.1, 0.15) is 0 Å². The minimum atomic E-state index is -1.54. The number of hydrogen-bond donors (Lipinski definition) is 1. The third-order valence-corrected chi connectivity index (χ3v) is 10.3. The van der Waals surface area contributed by atoms with Crippen molar-refractivity contribution in [2.24, 2.45) is 0 Å². The smallest absolute Gasteiger partial charge is 0.191 e. The summed E-state index contributed by atoms with van der Waals surface area (Å²) in [6, 6.07) is 0. The average molecular weight is 371 g/mol. The molecular formula is C22H46O2Si. The van der Waals surface area contributed by atoms with Gasteiger partial charge in [-0.25, -0.2) is 0 Å². The van der Waals surface area contributed by atoms with Crippen LogP contribution in [0.25, 0.3) is 0 Å². The molecule has 0 spiro atoms. The Balaban J connectivity index is 3.36. The van der Waals surface area contributed by atoms with Gasteiger partial charge in [-0.2, -0.15) is 0 Å². The van der Waals surface area contributed by atoms with Gasteiger partial charge in [-0.3, -0.25) is 0 Å². The first-order valence-electron chi connectivity index (χ1n) is 10.5. The van der Waals surface area contributed by atoms with E-state index in [4.69, 9.17) is 4.43 Å². The van der Waals surface area contributed by atoms with E-state index in [1.165, 1.54) is 57.8 Å². The molecule has 25 heavy (non-hydrogen) atoms. The topological polar surface area (TPSA) is 29.5 Å². The van der Waals surface area contributed by atoms with Crippen molar-refractivity contribution in [2.75, 3.05) is 6.61 Å². The third kappa shape index (κ3) is 12.8. The fraction of sp³-hybridized carbons (Fsp3) is 0.909. The highest BCUT2D eigenvalue weighted by molar-refractivity contribution is 6.74. The van der Waals surface area contributed by atoms with Crippen molar-refractivity contribution in [3.05, 3.63) is 12.7 Å². The van der Waals surface area contributed by atoms with Crippen LogP contribution in [-0.4, -0.2) is 25.6 Å². The van der Waals surface area contributed by atoms with Crippen molar-refractivity contribution in [1.29, 1.82) is 0 Å². The van der Waals surface area contributed by atoms with Crippen molar-refractivity contribution in [3.63, 3.8) is 0 Å². The zero-order chi connectivity index (χ0) is 19.4. The summed E-state index contributed by atoms with van der Waals surface area (Å²) in [5, 5.41) is 10.2. The Labute approximate surface area is 159 Å². The molecule has 150 valence electrons. The van der Waals surface area contributed by atoms with Gasteiger partial charge < -0.3 is 9.53 Å². The third-order valence-electron chi connectivity index (χ3n) is 5.79. The summed E-state index contributed by atoms with van der Waals surface area (Å²) in [6.07, 6.45) is 15.4. The molecule has 0 aromatic rings. The summed E-state index contributed by atoms with van der Waals surface area (Å²) in [7, 11) is -1.54. The SMILES string of the molecule is C=CC(C)(O)CCCCCCCCCCCCO[Si](C)(C)C(C)(C)C. The first-order valence-corrected chi connectivity index (χ1v) is 13.4. The maximum atomic E-state index is 9.84. The Kier molecular flexibility index (Phi) is 12.2. The average Bonchev–Trinajstić information content (AvgIpc) is 2.50. The number of unbranched alkanes of at least 4 members (excludes halogenated alkanes) is 9. The van der Waals surface area contributed by atoms with Gasteiger partial charge in [-0.15, -0.1) is 6.58 Å². The zero-order valence-electron chi connectivity index (χ0n) is 18.1. The van der Waals surface area contributed by atoms with Crippen LogP contribution in [0.5, 0.6) is 0 Å². The molecule has 1 unspecified atom stereocenters. The van der Waals surface area contributed by atoms with Gasteiger partial charge in [-0.05, 0) is 37.9 Å². The van der Waals surface area contributed by atoms with Crippen LogP contribution in [0, 0.1) is 0 Å². The Hall–Kier alpha value is -0.123. The molecule has 1 atom stereocenters. The summed E-state index contributed by atoms with van der Waals surface area (Å²) in [4.78, 5) is 0. The van der Waals surface area contributed by atoms with Crippen molar-refractivity contribution >= 4 is 8.32 Å². The molecule has 0 aliphatic heterocycles. The quantitative estimate of drug-likeness (QED) is 0.187. The highest BCUT2D eigenvalue weighted by Gasteiger charge is 2.36. The molecule has 0 amide bonds. The molecule has 0 radical (unpaired) electrons. The second-order valence-electron chi connectivity index (χ2n) is 9.46. The summed E-state index contributed by atoms with van der Waals surface area (Å²) < 4.78 is 6.22. The van der Waals surface area contributed by atoms with Crippen molar-refractivity contribution in [3.8, 4) is 0 Å². The van der Waals surface area contributed by atoms with E-state index in [0.717, 1.165) is 19.4 Å². The van der Waals surface area contributed by atoms with E-state index in [1.54, 1.807) is 6.08 Å². The molecule has 0 saturated carbocycles. The summed E-state index contributed by atoms with van der Waals surface area (Å²) in [5.41, 5.74) is -0.672. The molecule has 0 aromatic heterocycles. The molecule has 2 nitrogen and oxygen atoms in total. The van der Waals surface area contributed by atoms with Gasteiger partial charge in [-0.1, -0.05) is 84.6 Å². The molecule has 0 heterocycles. The Bertz CT molecular complexity index is 342. The van der Waals surface area contributed by atoms with Crippen LogP contribution in [-0.2, 0) is 4.43 Å². The van der Waals surface area contributed by atoms with E-state index < -0.39 is 13.9 Å². The molecular weight excluding hydrogens is 324 g/mol. The Morgan fingerprint density at radius 1 is 0.800 bits per heavy atom. The van der Waals surface area contributed by atoms with Crippen molar-refractivity contribution in [1.82, 2.24) is 0 Å². The lowest BCUT2D eigenvalue weighted by Gasteiger charge is -2.36. The van der Waals surface area contributed by atoms with Crippen molar-refractivity contribution in [2.45, 2.75) is 122 Å². The number of aliphatic hydroxyl groups is 1. The van der Waals surface area contributed by atoms with Gasteiger partial charge in [0.05, 0.1) is 5.60 Å². The minimum absolute atomic E-state index is 0.328. The normalized spacial score (nSPS) is 15.2. The predicted molar refractivity (Wildman–Crippen MR) is 115 cm³/mol. The Morgan fingerprint density at radius 2 is 1.20 bits per heavy atom. The van der Waals surface area contributed by atoms with Crippen LogP contribution in [0.15, 0.2) is 12.7 Å². The molecule has 0 fully saturated rings. The molecule has 0 saturated heterocycles. The van der Waals surface area contributed by atoms with Crippen LogP contribution in [0.3, 0.4) is 0 Å². The van der Waals surface area contributed by atoms with E-state index >= 15 is 0 Å². The van der Waals surface area contributed by atoms with E-state index in [9.17, 15) is 5.11 Å². The Morgan fingerprint density at radius 3 is 1.60 bits per heavy atom. The largest absolute Gasteiger partial charge is 0.417 e. The van der Waals surface area contributed by atoms with Gasteiger partial charge in [0.2, 0.25) is 0 Å². The van der Waals surface area contributed by atoms with Gasteiger partial charge in [0, 0.05) is 6.61 Å². The zero-order valence-corrected chi connectivity index (χ0v) is 19.1. The van der Waals surface area contributed by atoms with E-state index in [1.807, 2.05) is 6.92 Å². The van der Waals surface area contributed by atoms with Gasteiger partial charge in [0.25, 0.3) is 0 Å². The molecule has 0 rings (SSSR count). The highest BCUT2D eigenvalue weighted by Crippen LogP contribution is 2.36. The van der Waals surface area contributed by atoms with Crippen LogP contribution < -0.4 is 0 Å². The number of hydrogen-bond acceptors (Lipinski definition) is 2.